The molecule has 0 aromatic rings. The van der Waals surface area contributed by atoms with Crippen molar-refractivity contribution in [2.45, 2.75) is 72.3 Å². The van der Waals surface area contributed by atoms with Crippen molar-refractivity contribution in [3.8, 4) is 0 Å². The van der Waals surface area contributed by atoms with Gasteiger partial charge < -0.3 is 13.3 Å². The fraction of sp³-hybridized carbons (Fsp3) is 0.875. The molecule has 0 aromatic carbocycles. The third kappa shape index (κ3) is 9.70. The molecule has 3 nitrogen and oxygen atoms in total. The highest BCUT2D eigenvalue weighted by Crippen LogP contribution is 2.20. The molecule has 0 aromatic heterocycles. The lowest BCUT2D eigenvalue weighted by molar-refractivity contribution is 0.0706. The molecule has 0 aliphatic rings. The van der Waals surface area contributed by atoms with Crippen molar-refractivity contribution >= 4 is 8.80 Å². The Morgan fingerprint density at radius 1 is 0.750 bits per heavy atom. The van der Waals surface area contributed by atoms with Crippen LogP contribution in [0.1, 0.15) is 66.2 Å². The van der Waals surface area contributed by atoms with Crippen LogP contribution in [0.5, 0.6) is 0 Å². The molecule has 0 saturated carbocycles. The van der Waals surface area contributed by atoms with E-state index in [-0.39, 0.29) is 0 Å². The first-order chi connectivity index (χ1) is 9.74. The van der Waals surface area contributed by atoms with Gasteiger partial charge in [-0.15, -0.1) is 0 Å². The molecule has 0 aliphatic heterocycles. The smallest absolute Gasteiger partial charge is 0.374 e. The summed E-state index contributed by atoms with van der Waals surface area (Å²) in [4.78, 5) is 0. The molecule has 4 heteroatoms. The van der Waals surface area contributed by atoms with Crippen LogP contribution < -0.4 is 0 Å². The first kappa shape index (κ1) is 19.8. The topological polar surface area (TPSA) is 27.7 Å². The summed E-state index contributed by atoms with van der Waals surface area (Å²) in [6, 6.07) is 0.956. The van der Waals surface area contributed by atoms with E-state index in [1.54, 1.807) is 0 Å². The molecule has 120 valence electrons. The second kappa shape index (κ2) is 13.8. The first-order valence-corrected chi connectivity index (χ1v) is 10.2. The molecular weight excluding hydrogens is 268 g/mol. The van der Waals surface area contributed by atoms with Crippen LogP contribution in [0, 0.1) is 0 Å². The van der Waals surface area contributed by atoms with E-state index in [1.807, 2.05) is 20.8 Å². The van der Waals surface area contributed by atoms with E-state index in [0.717, 1.165) is 12.5 Å². The lowest BCUT2D eigenvalue weighted by atomic mass is 10.1. The lowest BCUT2D eigenvalue weighted by Gasteiger charge is -2.28. The minimum Gasteiger partial charge on any atom is -0.374 e. The van der Waals surface area contributed by atoms with Gasteiger partial charge in [-0.25, -0.2) is 0 Å². The van der Waals surface area contributed by atoms with Gasteiger partial charge in [0.25, 0.3) is 0 Å². The molecule has 0 rings (SSSR count). The summed E-state index contributed by atoms with van der Waals surface area (Å²) in [5, 5.41) is 0. The Hall–Kier alpha value is -0.163. The van der Waals surface area contributed by atoms with Gasteiger partial charge in [0.15, 0.2) is 0 Å². The Morgan fingerprint density at radius 2 is 1.25 bits per heavy atom. The molecule has 0 saturated heterocycles. The molecular formula is C16H34O3Si. The summed E-state index contributed by atoms with van der Waals surface area (Å²) in [5.41, 5.74) is 0. The summed E-state index contributed by atoms with van der Waals surface area (Å²) in [6.45, 7) is 10.2. The molecule has 0 heterocycles. The zero-order valence-corrected chi connectivity index (χ0v) is 15.0. The summed E-state index contributed by atoms with van der Waals surface area (Å²) < 4.78 is 17.6. The van der Waals surface area contributed by atoms with E-state index in [4.69, 9.17) is 13.3 Å². The average molecular weight is 303 g/mol. The minimum atomic E-state index is -2.39. The largest absolute Gasteiger partial charge is 0.500 e. The molecule has 0 unspecified atom stereocenters. The van der Waals surface area contributed by atoms with Crippen LogP contribution in [0.3, 0.4) is 0 Å². The van der Waals surface area contributed by atoms with Crippen LogP contribution in [-0.4, -0.2) is 28.6 Å². The predicted octanol–water partition coefficient (Wildman–Crippen LogP) is 4.95. The maximum absolute atomic E-state index is 5.86. The third-order valence-corrected chi connectivity index (χ3v) is 6.33. The second-order valence-corrected chi connectivity index (χ2v) is 7.59. The predicted molar refractivity (Wildman–Crippen MR) is 88.0 cm³/mol. The molecule has 0 bridgehead atoms. The lowest BCUT2D eigenvalue weighted by Crippen LogP contribution is -2.45. The van der Waals surface area contributed by atoms with Crippen molar-refractivity contribution in [1.82, 2.24) is 0 Å². The Balaban J connectivity index is 3.88. The van der Waals surface area contributed by atoms with Crippen molar-refractivity contribution < 1.29 is 13.3 Å². The Bertz CT molecular complexity index is 215. The Morgan fingerprint density at radius 3 is 1.75 bits per heavy atom. The maximum Gasteiger partial charge on any atom is 0.500 e. The van der Waals surface area contributed by atoms with E-state index in [9.17, 15) is 0 Å². The minimum absolute atomic E-state index is 0.676. The van der Waals surface area contributed by atoms with Crippen molar-refractivity contribution in [2.75, 3.05) is 19.8 Å². The highest BCUT2D eigenvalue weighted by atomic mass is 28.4. The number of hydrogen-bond donors (Lipinski definition) is 0. The number of unbranched alkanes of at least 4 members (excludes halogenated alkanes) is 5. The number of hydrogen-bond acceptors (Lipinski definition) is 3. The molecule has 0 amide bonds. The average Bonchev–Trinajstić information content (AvgIpc) is 2.43. The molecule has 0 N–H and O–H groups in total. The van der Waals surface area contributed by atoms with Crippen molar-refractivity contribution in [3.05, 3.63) is 12.2 Å². The van der Waals surface area contributed by atoms with E-state index in [2.05, 4.69) is 19.1 Å². The van der Waals surface area contributed by atoms with Gasteiger partial charge in [0.2, 0.25) is 0 Å². The van der Waals surface area contributed by atoms with Gasteiger partial charge in [0.1, 0.15) is 0 Å². The van der Waals surface area contributed by atoms with Gasteiger partial charge in [0, 0.05) is 25.9 Å². The molecule has 0 aliphatic carbocycles. The van der Waals surface area contributed by atoms with Gasteiger partial charge in [-0.1, -0.05) is 31.4 Å². The van der Waals surface area contributed by atoms with Gasteiger partial charge in [-0.2, -0.15) is 0 Å². The molecule has 0 fully saturated rings. The highest BCUT2D eigenvalue weighted by molar-refractivity contribution is 6.60. The normalized spacial score (nSPS) is 12.4. The van der Waals surface area contributed by atoms with Crippen molar-refractivity contribution in [1.29, 1.82) is 0 Å². The second-order valence-electron chi connectivity index (χ2n) is 4.86. The van der Waals surface area contributed by atoms with Crippen LogP contribution in [-0.2, 0) is 13.3 Å². The van der Waals surface area contributed by atoms with Gasteiger partial charge in [-0.3, -0.25) is 0 Å². The van der Waals surface area contributed by atoms with E-state index in [0.29, 0.717) is 19.8 Å². The van der Waals surface area contributed by atoms with Gasteiger partial charge in [-0.05, 0) is 47.0 Å². The number of allylic oxidation sites excluding steroid dienone is 2. The highest BCUT2D eigenvalue weighted by Gasteiger charge is 2.39. The van der Waals surface area contributed by atoms with Crippen LogP contribution >= 0.6 is 0 Å². The summed E-state index contributed by atoms with van der Waals surface area (Å²) in [6.07, 6.45) is 11.9. The third-order valence-electron chi connectivity index (χ3n) is 3.18. The van der Waals surface area contributed by atoms with E-state index in [1.165, 1.54) is 32.1 Å². The zero-order valence-electron chi connectivity index (χ0n) is 14.0. The van der Waals surface area contributed by atoms with Gasteiger partial charge >= 0.3 is 8.80 Å². The van der Waals surface area contributed by atoms with E-state index >= 15 is 0 Å². The fourth-order valence-electron chi connectivity index (χ4n) is 2.30. The Labute approximate surface area is 127 Å². The first-order valence-electron chi connectivity index (χ1n) is 8.27. The number of rotatable bonds is 14. The summed E-state index contributed by atoms with van der Waals surface area (Å²) in [5.74, 6) is 0. The van der Waals surface area contributed by atoms with Crippen molar-refractivity contribution in [2.24, 2.45) is 0 Å². The van der Waals surface area contributed by atoms with Crippen molar-refractivity contribution in [3.63, 3.8) is 0 Å². The SMILES string of the molecule is C/C=C/CCCCCCC[Si](OCC)(OCC)OCC. The molecule has 0 spiro atoms. The van der Waals surface area contributed by atoms with E-state index < -0.39 is 8.80 Å². The molecule has 0 radical (unpaired) electrons. The van der Waals surface area contributed by atoms with Crippen LogP contribution in [0.15, 0.2) is 12.2 Å². The molecule has 0 atom stereocenters. The van der Waals surface area contributed by atoms with Crippen LogP contribution in [0.4, 0.5) is 0 Å². The quantitative estimate of drug-likeness (QED) is 0.258. The summed E-state index contributed by atoms with van der Waals surface area (Å²) in [7, 11) is -2.39. The van der Waals surface area contributed by atoms with Gasteiger partial charge in [0.05, 0.1) is 0 Å². The Kier molecular flexibility index (Phi) is 13.7. The molecule has 20 heavy (non-hydrogen) atoms. The maximum atomic E-state index is 5.86. The summed E-state index contributed by atoms with van der Waals surface area (Å²) >= 11 is 0. The van der Waals surface area contributed by atoms with Crippen LogP contribution in [0.2, 0.25) is 6.04 Å². The monoisotopic (exact) mass is 302 g/mol. The zero-order chi connectivity index (χ0) is 15.1. The van der Waals surface area contributed by atoms with Crippen LogP contribution in [0.25, 0.3) is 0 Å². The fourth-order valence-corrected chi connectivity index (χ4v) is 4.99. The standard InChI is InChI=1S/C16H34O3Si/c1-5-9-10-11-12-13-14-15-16-20(17-6-2,18-7-3)19-8-4/h5,9H,6-8,10-16H2,1-4H3/b9-5+.